The predicted molar refractivity (Wildman–Crippen MR) is 92.7 cm³/mol. The van der Waals surface area contributed by atoms with Crippen molar-refractivity contribution < 1.29 is 4.79 Å². The van der Waals surface area contributed by atoms with Crippen molar-refractivity contribution in [1.82, 2.24) is 14.8 Å². The van der Waals surface area contributed by atoms with Crippen LogP contribution >= 0.6 is 0 Å². The summed E-state index contributed by atoms with van der Waals surface area (Å²) in [5.74, 6) is 0.639. The fourth-order valence-corrected chi connectivity index (χ4v) is 3.19. The van der Waals surface area contributed by atoms with Gasteiger partial charge in [0.25, 0.3) is 5.91 Å². The number of likely N-dealkylation sites (tertiary alicyclic amines) is 1. The Kier molecular flexibility index (Phi) is 5.63. The molecule has 1 saturated heterocycles. The Morgan fingerprint density at radius 3 is 2.78 bits per heavy atom. The Morgan fingerprint density at radius 2 is 2.13 bits per heavy atom. The van der Waals surface area contributed by atoms with Gasteiger partial charge >= 0.3 is 0 Å². The molecule has 0 bridgehead atoms. The summed E-state index contributed by atoms with van der Waals surface area (Å²) in [6.45, 7) is 9.43. The first-order chi connectivity index (χ1) is 10.8. The van der Waals surface area contributed by atoms with E-state index >= 15 is 0 Å². The molecule has 1 aromatic rings. The van der Waals surface area contributed by atoms with Crippen LogP contribution in [0.4, 0.5) is 0 Å². The van der Waals surface area contributed by atoms with Crippen LogP contribution in [0.3, 0.4) is 0 Å². The fourth-order valence-electron chi connectivity index (χ4n) is 3.19. The number of piperidine rings is 1. The highest BCUT2D eigenvalue weighted by molar-refractivity contribution is 5.93. The number of pyridine rings is 1. The minimum absolute atomic E-state index is 0.0653. The third kappa shape index (κ3) is 4.44. The first kappa shape index (κ1) is 17.7. The number of rotatable bonds is 5. The average molecular weight is 319 g/mol. The van der Waals surface area contributed by atoms with Crippen LogP contribution in [0.2, 0.25) is 0 Å². The summed E-state index contributed by atoms with van der Waals surface area (Å²) in [7, 11) is 1.65. The molecule has 1 N–H and O–H groups in total. The Labute approximate surface area is 138 Å². The molecule has 5 nitrogen and oxygen atoms in total. The molecule has 1 aliphatic heterocycles. The molecule has 0 radical (unpaired) electrons. The van der Waals surface area contributed by atoms with Crippen LogP contribution < -0.4 is 10.9 Å². The van der Waals surface area contributed by atoms with Crippen molar-refractivity contribution in [2.24, 2.45) is 13.0 Å². The summed E-state index contributed by atoms with van der Waals surface area (Å²) in [4.78, 5) is 26.2. The largest absolute Gasteiger partial charge is 0.350 e. The summed E-state index contributed by atoms with van der Waals surface area (Å²) in [6, 6.07) is 3.01. The van der Waals surface area contributed by atoms with E-state index < -0.39 is 0 Å². The van der Waals surface area contributed by atoms with Crippen molar-refractivity contribution in [2.45, 2.75) is 45.6 Å². The number of carbonyl (C=O) groups is 1. The lowest BCUT2D eigenvalue weighted by atomic mass is 9.91. The predicted octanol–water partition coefficient (Wildman–Crippen LogP) is 2.02. The first-order valence-electron chi connectivity index (χ1n) is 8.53. The van der Waals surface area contributed by atoms with Crippen molar-refractivity contribution in [3.05, 3.63) is 34.2 Å². The molecule has 5 heteroatoms. The quantitative estimate of drug-likeness (QED) is 0.903. The third-order valence-electron chi connectivity index (χ3n) is 4.98. The molecule has 0 unspecified atom stereocenters. The Morgan fingerprint density at radius 1 is 1.39 bits per heavy atom. The van der Waals surface area contributed by atoms with Crippen LogP contribution in [0.15, 0.2) is 23.1 Å². The highest BCUT2D eigenvalue weighted by atomic mass is 16.2. The summed E-state index contributed by atoms with van der Waals surface area (Å²) < 4.78 is 1.43. The molecule has 1 aromatic heterocycles. The molecule has 128 valence electrons. The van der Waals surface area contributed by atoms with Crippen molar-refractivity contribution >= 4 is 5.91 Å². The highest BCUT2D eigenvalue weighted by Gasteiger charge is 2.31. The lowest BCUT2D eigenvalue weighted by Gasteiger charge is -2.43. The molecule has 0 aliphatic carbocycles. The summed E-state index contributed by atoms with van der Waals surface area (Å²) >= 11 is 0. The lowest BCUT2D eigenvalue weighted by Crippen LogP contribution is -2.54. The van der Waals surface area contributed by atoms with Crippen molar-refractivity contribution in [2.75, 3.05) is 19.6 Å². The van der Waals surface area contributed by atoms with Gasteiger partial charge in [0.2, 0.25) is 5.56 Å². The number of hydrogen-bond donors (Lipinski definition) is 1. The van der Waals surface area contributed by atoms with Crippen molar-refractivity contribution in [3.63, 3.8) is 0 Å². The molecule has 1 aliphatic rings. The number of nitrogens with one attached hydrogen (secondary N) is 1. The van der Waals surface area contributed by atoms with Gasteiger partial charge in [-0.05, 0) is 45.2 Å². The molecule has 0 aromatic carbocycles. The van der Waals surface area contributed by atoms with Crippen LogP contribution in [-0.2, 0) is 7.05 Å². The molecule has 23 heavy (non-hydrogen) atoms. The number of aromatic nitrogens is 1. The van der Waals surface area contributed by atoms with Gasteiger partial charge in [-0.1, -0.05) is 13.3 Å². The van der Waals surface area contributed by atoms with E-state index in [9.17, 15) is 9.59 Å². The zero-order chi connectivity index (χ0) is 17.0. The minimum Gasteiger partial charge on any atom is -0.350 e. The maximum atomic E-state index is 12.3. The van der Waals surface area contributed by atoms with Gasteiger partial charge in [-0.3, -0.25) is 14.5 Å². The van der Waals surface area contributed by atoms with Crippen molar-refractivity contribution in [1.29, 1.82) is 0 Å². The van der Waals surface area contributed by atoms with Crippen LogP contribution in [0.5, 0.6) is 0 Å². The topological polar surface area (TPSA) is 54.3 Å². The normalized spacial score (nSPS) is 19.6. The van der Waals surface area contributed by atoms with E-state index in [0.717, 1.165) is 19.0 Å². The van der Waals surface area contributed by atoms with E-state index in [0.29, 0.717) is 12.1 Å². The molecule has 2 rings (SSSR count). The van der Waals surface area contributed by atoms with Gasteiger partial charge in [0.05, 0.1) is 5.56 Å². The maximum absolute atomic E-state index is 12.3. The molecule has 0 saturated carbocycles. The van der Waals surface area contributed by atoms with Gasteiger partial charge in [0.15, 0.2) is 0 Å². The lowest BCUT2D eigenvalue weighted by molar-refractivity contribution is 0.0612. The van der Waals surface area contributed by atoms with Gasteiger partial charge in [-0.2, -0.15) is 0 Å². The number of carbonyl (C=O) groups excluding carboxylic acids is 1. The summed E-state index contributed by atoms with van der Waals surface area (Å²) in [5, 5.41) is 3.02. The second-order valence-electron chi connectivity index (χ2n) is 7.22. The van der Waals surface area contributed by atoms with Crippen LogP contribution in [0, 0.1) is 5.92 Å². The van der Waals surface area contributed by atoms with Gasteiger partial charge in [-0.15, -0.1) is 0 Å². The molecule has 1 atom stereocenters. The average Bonchev–Trinajstić information content (AvgIpc) is 2.55. The van der Waals surface area contributed by atoms with E-state index in [-0.39, 0.29) is 17.0 Å². The molecule has 0 spiro atoms. The number of amides is 1. The standard InChI is InChI=1S/C18H29N3O2/c1-5-14-7-6-10-21(11-14)18(2,3)13-19-17(23)15-8-9-16(22)20(4)12-15/h8-9,12,14H,5-7,10-11,13H2,1-4H3,(H,19,23)/t14-/m0/s1. The molecular weight excluding hydrogens is 290 g/mol. The van der Waals surface area contributed by atoms with E-state index in [1.54, 1.807) is 19.3 Å². The second-order valence-corrected chi connectivity index (χ2v) is 7.22. The zero-order valence-corrected chi connectivity index (χ0v) is 14.8. The van der Waals surface area contributed by atoms with E-state index in [1.165, 1.54) is 29.9 Å². The second kappa shape index (κ2) is 7.30. The monoisotopic (exact) mass is 319 g/mol. The number of nitrogens with zero attached hydrogens (tertiary/aromatic N) is 2. The summed E-state index contributed by atoms with van der Waals surface area (Å²) in [5.41, 5.74) is 0.346. The van der Waals surface area contributed by atoms with E-state index in [4.69, 9.17) is 0 Å². The Balaban J connectivity index is 1.96. The van der Waals surface area contributed by atoms with Gasteiger partial charge in [0.1, 0.15) is 0 Å². The van der Waals surface area contributed by atoms with Gasteiger partial charge < -0.3 is 9.88 Å². The third-order valence-corrected chi connectivity index (χ3v) is 4.98. The van der Waals surface area contributed by atoms with Crippen molar-refractivity contribution in [3.8, 4) is 0 Å². The minimum atomic E-state index is -0.127. The Hall–Kier alpha value is -1.62. The molecule has 1 fully saturated rings. The Bertz CT molecular complexity index is 607. The number of aryl methyl sites for hydroxylation is 1. The number of hydrogen-bond acceptors (Lipinski definition) is 3. The maximum Gasteiger partial charge on any atom is 0.252 e. The SMILES string of the molecule is CC[C@H]1CCCN(C(C)(C)CNC(=O)c2ccc(=O)n(C)c2)C1. The molecule has 1 amide bonds. The van der Waals surface area contributed by atoms with Gasteiger partial charge in [-0.25, -0.2) is 0 Å². The van der Waals surface area contributed by atoms with Crippen LogP contribution in [0.25, 0.3) is 0 Å². The van der Waals surface area contributed by atoms with Gasteiger partial charge in [0, 0.05) is 37.9 Å². The first-order valence-corrected chi connectivity index (χ1v) is 8.53. The molecule has 2 heterocycles. The van der Waals surface area contributed by atoms with Crippen LogP contribution in [-0.4, -0.2) is 40.5 Å². The van der Waals surface area contributed by atoms with E-state index in [1.807, 2.05) is 0 Å². The van der Waals surface area contributed by atoms with Crippen LogP contribution in [0.1, 0.15) is 50.4 Å². The summed E-state index contributed by atoms with van der Waals surface area (Å²) in [6.07, 6.45) is 5.35. The van der Waals surface area contributed by atoms with E-state index in [2.05, 4.69) is 31.0 Å². The zero-order valence-electron chi connectivity index (χ0n) is 14.8. The fraction of sp³-hybridized carbons (Fsp3) is 0.667. The smallest absolute Gasteiger partial charge is 0.252 e. The molecular formula is C18H29N3O2. The highest BCUT2D eigenvalue weighted by Crippen LogP contribution is 2.25.